The Morgan fingerprint density at radius 3 is 3.00 bits per heavy atom. The highest BCUT2D eigenvalue weighted by Crippen LogP contribution is 2.35. The monoisotopic (exact) mass is 308 g/mol. The first-order chi connectivity index (χ1) is 10.3. The lowest BCUT2D eigenvalue weighted by Gasteiger charge is -2.23. The second-order valence-electron chi connectivity index (χ2n) is 4.14. The van der Waals surface area contributed by atoms with Crippen LogP contribution in [0.25, 0.3) is 0 Å². The number of thioether (sulfide) groups is 1. The molecule has 1 aliphatic heterocycles. The van der Waals surface area contributed by atoms with Crippen molar-refractivity contribution in [3.8, 4) is 11.5 Å². The number of aromatic nitrogens is 2. The van der Waals surface area contributed by atoms with E-state index in [1.54, 1.807) is 0 Å². The van der Waals surface area contributed by atoms with Crippen molar-refractivity contribution in [3.63, 3.8) is 0 Å². The Labute approximate surface area is 124 Å². The van der Waals surface area contributed by atoms with E-state index in [1.165, 1.54) is 7.11 Å². The Bertz CT molecular complexity index is 645. The number of hydrogen-bond donors (Lipinski definition) is 0. The second-order valence-corrected chi connectivity index (χ2v) is 5.06. The minimum Gasteiger partial charge on any atom is -0.485 e. The fourth-order valence-corrected chi connectivity index (χ4v) is 2.33. The molecule has 0 radical (unpaired) electrons. The van der Waals surface area contributed by atoms with Crippen LogP contribution < -0.4 is 9.47 Å². The molecule has 0 aliphatic carbocycles. The normalized spacial score (nSPS) is 16.5. The number of methoxy groups -OCH3 is 1. The van der Waals surface area contributed by atoms with E-state index in [2.05, 4.69) is 14.9 Å². The molecule has 1 aliphatic rings. The first kappa shape index (κ1) is 13.7. The van der Waals surface area contributed by atoms with E-state index in [1.807, 2.05) is 24.3 Å². The van der Waals surface area contributed by atoms with Crippen molar-refractivity contribution >= 4 is 17.7 Å². The Balaban J connectivity index is 1.66. The van der Waals surface area contributed by atoms with Crippen LogP contribution in [-0.2, 0) is 9.53 Å². The van der Waals surface area contributed by atoms with E-state index >= 15 is 0 Å². The summed E-state index contributed by atoms with van der Waals surface area (Å²) in [6, 6.07) is 7.37. The van der Waals surface area contributed by atoms with Gasteiger partial charge < -0.3 is 18.6 Å². The van der Waals surface area contributed by atoms with Crippen LogP contribution in [0.1, 0.15) is 12.0 Å². The van der Waals surface area contributed by atoms with Crippen LogP contribution in [0, 0.1) is 0 Å². The Morgan fingerprint density at radius 1 is 1.38 bits per heavy atom. The fourth-order valence-electron chi connectivity index (χ4n) is 1.73. The number of carbonyl (C=O) groups is 1. The molecule has 1 aromatic carbocycles. The quantitative estimate of drug-likeness (QED) is 0.625. The summed E-state index contributed by atoms with van der Waals surface area (Å²) in [5, 5.41) is 8.07. The lowest BCUT2D eigenvalue weighted by molar-refractivity contribution is -0.137. The summed E-state index contributed by atoms with van der Waals surface area (Å²) in [5.74, 6) is 1.40. The molecule has 0 amide bonds. The number of nitrogens with zero attached hydrogens (tertiary/aromatic N) is 2. The zero-order valence-corrected chi connectivity index (χ0v) is 12.0. The van der Waals surface area contributed by atoms with Crippen molar-refractivity contribution < 1.29 is 23.4 Å². The summed E-state index contributed by atoms with van der Waals surface area (Å²) < 4.78 is 21.3. The first-order valence-electron chi connectivity index (χ1n) is 6.18. The molecule has 1 aromatic heterocycles. The number of hydrogen-bond acceptors (Lipinski definition) is 8. The van der Waals surface area contributed by atoms with Crippen molar-refractivity contribution in [2.24, 2.45) is 0 Å². The summed E-state index contributed by atoms with van der Waals surface area (Å²) in [5.41, 5.74) is 0. The molecule has 2 aromatic rings. The van der Waals surface area contributed by atoms with Gasteiger partial charge in [0, 0.05) is 0 Å². The van der Waals surface area contributed by atoms with Gasteiger partial charge in [0.2, 0.25) is 6.10 Å². The maximum atomic E-state index is 11.1. The number of benzene rings is 1. The molecule has 21 heavy (non-hydrogen) atoms. The summed E-state index contributed by atoms with van der Waals surface area (Å²) in [7, 11) is 1.33. The third-order valence-corrected chi connectivity index (χ3v) is 3.54. The molecule has 7 nitrogen and oxygen atoms in total. The van der Waals surface area contributed by atoms with Gasteiger partial charge in [0.15, 0.2) is 11.5 Å². The number of para-hydroxylation sites is 2. The standard InChI is InChI=1S/C13H12N2O5S/c1-17-11(16)7-21-13-15-14-12(20-13)10-6-18-8-4-2-3-5-9(8)19-10/h2-5,10H,6-7H2,1H3. The highest BCUT2D eigenvalue weighted by Gasteiger charge is 2.27. The molecule has 0 fully saturated rings. The maximum Gasteiger partial charge on any atom is 0.316 e. The van der Waals surface area contributed by atoms with Crippen LogP contribution in [0.3, 0.4) is 0 Å². The zero-order valence-electron chi connectivity index (χ0n) is 11.1. The van der Waals surface area contributed by atoms with Gasteiger partial charge in [-0.3, -0.25) is 4.79 Å². The Kier molecular flexibility index (Phi) is 3.96. The van der Waals surface area contributed by atoms with Crippen LogP contribution in [0.4, 0.5) is 0 Å². The van der Waals surface area contributed by atoms with E-state index in [0.29, 0.717) is 24.0 Å². The molecule has 0 N–H and O–H groups in total. The molecular weight excluding hydrogens is 296 g/mol. The van der Waals surface area contributed by atoms with Gasteiger partial charge in [0.1, 0.15) is 12.4 Å². The van der Waals surface area contributed by atoms with E-state index in [9.17, 15) is 4.79 Å². The van der Waals surface area contributed by atoms with Crippen LogP contribution in [0.2, 0.25) is 0 Å². The molecule has 0 saturated heterocycles. The van der Waals surface area contributed by atoms with E-state index in [4.69, 9.17) is 13.9 Å². The van der Waals surface area contributed by atoms with E-state index in [0.717, 1.165) is 11.8 Å². The minimum absolute atomic E-state index is 0.114. The van der Waals surface area contributed by atoms with Crippen molar-refractivity contribution in [1.29, 1.82) is 0 Å². The van der Waals surface area contributed by atoms with E-state index in [-0.39, 0.29) is 16.9 Å². The lowest BCUT2D eigenvalue weighted by Crippen LogP contribution is -2.21. The van der Waals surface area contributed by atoms with Crippen molar-refractivity contribution in [2.45, 2.75) is 11.3 Å². The summed E-state index contributed by atoms with van der Waals surface area (Å²) in [6.45, 7) is 0.292. The number of rotatable bonds is 4. The minimum atomic E-state index is -0.458. The third-order valence-electron chi connectivity index (χ3n) is 2.75. The van der Waals surface area contributed by atoms with Gasteiger partial charge in [-0.25, -0.2) is 0 Å². The van der Waals surface area contributed by atoms with Crippen molar-refractivity contribution in [3.05, 3.63) is 30.2 Å². The topological polar surface area (TPSA) is 83.7 Å². The number of ether oxygens (including phenoxy) is 3. The van der Waals surface area contributed by atoms with Crippen LogP contribution in [0.5, 0.6) is 11.5 Å². The molecule has 0 bridgehead atoms. The molecule has 0 saturated carbocycles. The van der Waals surface area contributed by atoms with Gasteiger partial charge in [0.25, 0.3) is 11.1 Å². The van der Waals surface area contributed by atoms with Gasteiger partial charge in [0.05, 0.1) is 7.11 Å². The highest BCUT2D eigenvalue weighted by atomic mass is 32.2. The van der Waals surface area contributed by atoms with Gasteiger partial charge in [-0.2, -0.15) is 0 Å². The number of fused-ring (bicyclic) bond motifs is 1. The Morgan fingerprint density at radius 2 is 2.19 bits per heavy atom. The first-order valence-corrected chi connectivity index (χ1v) is 7.16. The van der Waals surface area contributed by atoms with Crippen LogP contribution in [0.15, 0.2) is 33.9 Å². The molecule has 3 rings (SSSR count). The maximum absolute atomic E-state index is 11.1. The average molecular weight is 308 g/mol. The SMILES string of the molecule is COC(=O)CSc1nnc(C2COc3ccccc3O2)o1. The summed E-state index contributed by atoms with van der Waals surface area (Å²) in [4.78, 5) is 11.1. The molecule has 8 heteroatoms. The predicted octanol–water partition coefficient (Wildman–Crippen LogP) is 1.85. The summed E-state index contributed by atoms with van der Waals surface area (Å²) >= 11 is 1.11. The lowest BCUT2D eigenvalue weighted by atomic mass is 10.2. The molecule has 1 unspecified atom stereocenters. The van der Waals surface area contributed by atoms with Crippen molar-refractivity contribution in [2.75, 3.05) is 19.5 Å². The average Bonchev–Trinajstić information content (AvgIpc) is 3.01. The third kappa shape index (κ3) is 3.10. The van der Waals surface area contributed by atoms with E-state index < -0.39 is 6.10 Å². The molecule has 0 spiro atoms. The summed E-state index contributed by atoms with van der Waals surface area (Å²) in [6.07, 6.45) is -0.458. The van der Waals surface area contributed by atoms with Gasteiger partial charge in [-0.1, -0.05) is 23.9 Å². The number of carbonyl (C=O) groups excluding carboxylic acids is 1. The van der Waals surface area contributed by atoms with Gasteiger partial charge in [-0.15, -0.1) is 10.2 Å². The molecule has 110 valence electrons. The molecular formula is C13H12N2O5S. The fraction of sp³-hybridized carbons (Fsp3) is 0.308. The number of esters is 1. The highest BCUT2D eigenvalue weighted by molar-refractivity contribution is 7.99. The van der Waals surface area contributed by atoms with Crippen LogP contribution in [-0.4, -0.2) is 35.6 Å². The predicted molar refractivity (Wildman–Crippen MR) is 72.3 cm³/mol. The zero-order chi connectivity index (χ0) is 14.7. The van der Waals surface area contributed by atoms with Gasteiger partial charge in [-0.05, 0) is 12.1 Å². The second kappa shape index (κ2) is 6.04. The van der Waals surface area contributed by atoms with Crippen LogP contribution >= 0.6 is 11.8 Å². The smallest absolute Gasteiger partial charge is 0.316 e. The van der Waals surface area contributed by atoms with Crippen molar-refractivity contribution in [1.82, 2.24) is 10.2 Å². The molecule has 1 atom stereocenters. The van der Waals surface area contributed by atoms with Gasteiger partial charge >= 0.3 is 5.97 Å². The Hall–Kier alpha value is -2.22. The molecule has 2 heterocycles. The largest absolute Gasteiger partial charge is 0.485 e.